The van der Waals surface area contributed by atoms with E-state index in [2.05, 4.69) is 4.98 Å². The van der Waals surface area contributed by atoms with Gasteiger partial charge in [0.25, 0.3) is 0 Å². The zero-order chi connectivity index (χ0) is 26.2. The van der Waals surface area contributed by atoms with Crippen LogP contribution in [-0.4, -0.2) is 67.8 Å². The molecule has 1 aromatic heterocycles. The third-order valence-electron chi connectivity index (χ3n) is 7.03. The smallest absolute Gasteiger partial charge is 0.367 e. The van der Waals surface area contributed by atoms with Gasteiger partial charge in [0.05, 0.1) is 16.3 Å². The van der Waals surface area contributed by atoms with Gasteiger partial charge in [-0.05, 0) is 37.1 Å². The monoisotopic (exact) mass is 532 g/mol. The molecule has 2 saturated heterocycles. The summed E-state index contributed by atoms with van der Waals surface area (Å²) in [6.45, 7) is 1.93. The van der Waals surface area contributed by atoms with Crippen LogP contribution < -0.4 is 4.90 Å². The first-order chi connectivity index (χ1) is 17.6. The Balaban J connectivity index is 1.29. The maximum atomic E-state index is 13.5. The van der Waals surface area contributed by atoms with Gasteiger partial charge >= 0.3 is 6.18 Å². The van der Waals surface area contributed by atoms with E-state index in [1.165, 1.54) is 4.31 Å². The molecule has 2 fully saturated rings. The molecule has 0 aliphatic carbocycles. The number of para-hydroxylation sites is 1. The van der Waals surface area contributed by atoms with Crippen molar-refractivity contribution in [1.29, 1.82) is 0 Å². The van der Waals surface area contributed by atoms with Crippen molar-refractivity contribution in [3.05, 3.63) is 66.4 Å². The average Bonchev–Trinajstić information content (AvgIpc) is 2.92. The molecule has 0 saturated carbocycles. The molecule has 0 bridgehead atoms. The molecule has 1 amide bonds. The Morgan fingerprint density at radius 2 is 1.59 bits per heavy atom. The zero-order valence-electron chi connectivity index (χ0n) is 20.1. The van der Waals surface area contributed by atoms with E-state index in [9.17, 15) is 26.4 Å². The van der Waals surface area contributed by atoms with Crippen molar-refractivity contribution in [2.24, 2.45) is 5.92 Å². The molecular formula is C26H27F3N4O3S. The van der Waals surface area contributed by atoms with Crippen molar-refractivity contribution in [2.75, 3.05) is 44.2 Å². The standard InChI is InChI=1S/C26H27F3N4O3S/c27-26(28,29)24-17-23(21-10-4-5-11-22(21)30-24)31-13-15-32(16-14-31)25(34)19-7-6-12-33(18-19)37(35,36)20-8-2-1-3-9-20/h1-5,8-11,17,19H,6-7,12-16,18H2. The molecule has 0 N–H and O–H groups in total. The Morgan fingerprint density at radius 1 is 0.919 bits per heavy atom. The van der Waals surface area contributed by atoms with Crippen LogP contribution in [0.15, 0.2) is 65.6 Å². The van der Waals surface area contributed by atoms with Crippen molar-refractivity contribution in [3.8, 4) is 0 Å². The number of sulfonamides is 1. The lowest BCUT2D eigenvalue weighted by atomic mass is 9.97. The summed E-state index contributed by atoms with van der Waals surface area (Å²) in [4.78, 5) is 20.9. The van der Waals surface area contributed by atoms with Crippen LogP contribution >= 0.6 is 0 Å². The second-order valence-corrected chi connectivity index (χ2v) is 11.3. The number of rotatable bonds is 4. The highest BCUT2D eigenvalue weighted by Gasteiger charge is 2.37. The highest BCUT2D eigenvalue weighted by Crippen LogP contribution is 2.35. The molecule has 0 radical (unpaired) electrons. The number of pyridine rings is 1. The van der Waals surface area contributed by atoms with Crippen LogP contribution in [0.4, 0.5) is 18.9 Å². The normalized spacial score (nSPS) is 19.8. The van der Waals surface area contributed by atoms with E-state index < -0.39 is 27.8 Å². The van der Waals surface area contributed by atoms with Crippen LogP contribution in [0.25, 0.3) is 10.9 Å². The molecular weight excluding hydrogens is 505 g/mol. The zero-order valence-corrected chi connectivity index (χ0v) is 20.9. The summed E-state index contributed by atoms with van der Waals surface area (Å²) in [5.74, 6) is -0.555. The third kappa shape index (κ3) is 5.15. The second-order valence-electron chi connectivity index (χ2n) is 9.37. The largest absolute Gasteiger partial charge is 0.433 e. The molecule has 2 aliphatic heterocycles. The number of halogens is 3. The number of piperidine rings is 1. The second kappa shape index (κ2) is 9.94. The number of anilines is 1. The number of aromatic nitrogens is 1. The lowest BCUT2D eigenvalue weighted by Crippen LogP contribution is -2.53. The van der Waals surface area contributed by atoms with Crippen LogP contribution in [-0.2, 0) is 21.0 Å². The number of hydrogen-bond donors (Lipinski definition) is 0. The van der Waals surface area contributed by atoms with E-state index in [1.54, 1.807) is 59.5 Å². The molecule has 3 heterocycles. The number of fused-ring (bicyclic) bond motifs is 1. The van der Waals surface area contributed by atoms with Gasteiger partial charge in [-0.15, -0.1) is 0 Å². The van der Waals surface area contributed by atoms with Crippen LogP contribution in [0, 0.1) is 5.92 Å². The summed E-state index contributed by atoms with van der Waals surface area (Å²) in [5.41, 5.74) is -0.225. The van der Waals surface area contributed by atoms with Crippen LogP contribution in [0.2, 0.25) is 0 Å². The molecule has 1 unspecified atom stereocenters. The summed E-state index contributed by atoms with van der Waals surface area (Å²) >= 11 is 0. The van der Waals surface area contributed by atoms with Crippen molar-refractivity contribution in [1.82, 2.24) is 14.2 Å². The Hall–Kier alpha value is -3.18. The fraction of sp³-hybridized carbons (Fsp3) is 0.385. The maximum Gasteiger partial charge on any atom is 0.433 e. The number of alkyl halides is 3. The van der Waals surface area contributed by atoms with Gasteiger partial charge in [0, 0.05) is 50.3 Å². The maximum absolute atomic E-state index is 13.5. The van der Waals surface area contributed by atoms with Gasteiger partial charge in [0.1, 0.15) is 5.69 Å². The number of nitrogens with zero attached hydrogens (tertiary/aromatic N) is 4. The summed E-state index contributed by atoms with van der Waals surface area (Å²) in [7, 11) is -3.68. The molecule has 7 nitrogen and oxygen atoms in total. The van der Waals surface area contributed by atoms with Gasteiger partial charge in [-0.3, -0.25) is 4.79 Å². The molecule has 0 spiro atoms. The number of piperazine rings is 1. The minimum Gasteiger partial charge on any atom is -0.367 e. The van der Waals surface area contributed by atoms with E-state index in [0.29, 0.717) is 56.6 Å². The predicted molar refractivity (Wildman–Crippen MR) is 133 cm³/mol. The summed E-state index contributed by atoms with van der Waals surface area (Å²) < 4.78 is 67.9. The van der Waals surface area contributed by atoms with E-state index in [4.69, 9.17) is 0 Å². The predicted octanol–water partition coefficient (Wildman–Crippen LogP) is 4.00. The van der Waals surface area contributed by atoms with E-state index in [-0.39, 0.29) is 22.9 Å². The minimum atomic E-state index is -4.57. The van der Waals surface area contributed by atoms with Crippen molar-refractivity contribution in [3.63, 3.8) is 0 Å². The van der Waals surface area contributed by atoms with Crippen LogP contribution in [0.1, 0.15) is 18.5 Å². The van der Waals surface area contributed by atoms with Gasteiger partial charge in [0.15, 0.2) is 0 Å². The highest BCUT2D eigenvalue weighted by molar-refractivity contribution is 7.89. The Labute approximate surface area is 213 Å². The highest BCUT2D eigenvalue weighted by atomic mass is 32.2. The molecule has 196 valence electrons. The van der Waals surface area contributed by atoms with E-state index >= 15 is 0 Å². The number of benzene rings is 2. The lowest BCUT2D eigenvalue weighted by molar-refractivity contribution is -0.141. The quantitative estimate of drug-likeness (QED) is 0.508. The van der Waals surface area contributed by atoms with Crippen molar-refractivity contribution in [2.45, 2.75) is 23.9 Å². The van der Waals surface area contributed by atoms with E-state index in [0.717, 1.165) is 6.07 Å². The molecule has 2 aromatic carbocycles. The fourth-order valence-corrected chi connectivity index (χ4v) is 6.64. The van der Waals surface area contributed by atoms with Crippen molar-refractivity contribution >= 4 is 32.5 Å². The summed E-state index contributed by atoms with van der Waals surface area (Å²) in [6.07, 6.45) is -3.38. The summed E-state index contributed by atoms with van der Waals surface area (Å²) in [5, 5.41) is 0.629. The van der Waals surface area contributed by atoms with Crippen LogP contribution in [0.5, 0.6) is 0 Å². The summed E-state index contributed by atoms with van der Waals surface area (Å²) in [6, 6.07) is 16.0. The first-order valence-electron chi connectivity index (χ1n) is 12.2. The Morgan fingerprint density at radius 3 is 2.30 bits per heavy atom. The topological polar surface area (TPSA) is 73.8 Å². The first kappa shape index (κ1) is 25.5. The molecule has 11 heteroatoms. The number of amides is 1. The first-order valence-corrected chi connectivity index (χ1v) is 13.6. The average molecular weight is 533 g/mol. The third-order valence-corrected chi connectivity index (χ3v) is 8.91. The SMILES string of the molecule is O=C(C1CCCN(S(=O)(=O)c2ccccc2)C1)N1CCN(c2cc(C(F)(F)F)nc3ccccc23)CC1. The molecule has 1 atom stereocenters. The Kier molecular flexibility index (Phi) is 6.84. The number of carbonyl (C=O) groups excluding carboxylic acids is 1. The van der Waals surface area contributed by atoms with Gasteiger partial charge in [-0.1, -0.05) is 36.4 Å². The molecule has 5 rings (SSSR count). The lowest BCUT2D eigenvalue weighted by Gasteiger charge is -2.39. The van der Waals surface area contributed by atoms with Crippen LogP contribution in [0.3, 0.4) is 0 Å². The van der Waals surface area contributed by atoms with Gasteiger partial charge in [-0.2, -0.15) is 17.5 Å². The van der Waals surface area contributed by atoms with Gasteiger partial charge < -0.3 is 9.80 Å². The number of carbonyl (C=O) groups is 1. The molecule has 2 aliphatic rings. The number of hydrogen-bond acceptors (Lipinski definition) is 5. The van der Waals surface area contributed by atoms with Gasteiger partial charge in [-0.25, -0.2) is 13.4 Å². The minimum absolute atomic E-state index is 0.108. The Bertz CT molecular complexity index is 1390. The van der Waals surface area contributed by atoms with Crippen molar-refractivity contribution < 1.29 is 26.4 Å². The molecule has 3 aromatic rings. The van der Waals surface area contributed by atoms with E-state index in [1.807, 2.05) is 4.90 Å². The fourth-order valence-electron chi connectivity index (χ4n) is 5.09. The molecule has 37 heavy (non-hydrogen) atoms. The van der Waals surface area contributed by atoms with Gasteiger partial charge in [0.2, 0.25) is 15.9 Å².